The molecule has 0 saturated carbocycles. The van der Waals surface area contributed by atoms with E-state index in [0.29, 0.717) is 10.1 Å². The number of imide groups is 1. The number of carbonyl (C=O) groups excluding carboxylic acids is 3. The van der Waals surface area contributed by atoms with Gasteiger partial charge in [0.1, 0.15) is 6.04 Å². The Hall–Kier alpha value is -1.80. The van der Waals surface area contributed by atoms with Gasteiger partial charge < -0.3 is 9.80 Å². The normalized spacial score (nSPS) is 26.6. The third-order valence-corrected chi connectivity index (χ3v) is 5.94. The van der Waals surface area contributed by atoms with Gasteiger partial charge in [-0.3, -0.25) is 14.1 Å². The number of urea groups is 1. The molecule has 28 heavy (non-hydrogen) atoms. The minimum atomic E-state index is -4.87. The first kappa shape index (κ1) is 20.9. The van der Waals surface area contributed by atoms with E-state index in [1.807, 2.05) is 7.05 Å². The molecule has 0 aromatic rings. The largest absolute Gasteiger partial charge is 0.418 e. The number of likely N-dealkylation sites (tertiary alicyclic amines) is 1. The standard InChI is InChI=1S/C15H25N5O7S/c1-17-6-4-10(5-7-17)8-13(21)19(16)14(22)12-3-2-11-9-18(12)15(23)20(11)27-28(24,25)26/h10-12H,2-9,16H2,1H3,(H,24,25,26)/t11-,12+/m1/s1. The van der Waals surface area contributed by atoms with E-state index >= 15 is 0 Å². The van der Waals surface area contributed by atoms with Crippen LogP contribution in [0.4, 0.5) is 4.79 Å². The Balaban J connectivity index is 1.61. The number of hydroxylamine groups is 2. The summed E-state index contributed by atoms with van der Waals surface area (Å²) in [5, 5.41) is 1.12. The summed E-state index contributed by atoms with van der Waals surface area (Å²) >= 11 is 0. The first-order valence-electron chi connectivity index (χ1n) is 9.13. The topological polar surface area (TPSA) is 154 Å². The second kappa shape index (κ2) is 7.91. The van der Waals surface area contributed by atoms with Crippen LogP contribution >= 0.6 is 0 Å². The number of hydrazine groups is 1. The van der Waals surface area contributed by atoms with Gasteiger partial charge >= 0.3 is 16.4 Å². The minimum Gasteiger partial charge on any atom is -0.309 e. The number of nitrogens with zero attached hydrogens (tertiary/aromatic N) is 4. The molecular formula is C15H25N5O7S. The summed E-state index contributed by atoms with van der Waals surface area (Å²) in [6, 6.07) is -2.46. The number of fused-ring (bicyclic) bond motifs is 2. The summed E-state index contributed by atoms with van der Waals surface area (Å²) in [4.78, 5) is 40.8. The van der Waals surface area contributed by atoms with Crippen molar-refractivity contribution in [3.8, 4) is 0 Å². The first-order valence-corrected chi connectivity index (χ1v) is 10.5. The molecule has 0 unspecified atom stereocenters. The highest BCUT2D eigenvalue weighted by Gasteiger charge is 2.50. The van der Waals surface area contributed by atoms with Crippen molar-refractivity contribution >= 4 is 28.2 Å². The molecule has 0 aliphatic carbocycles. The van der Waals surface area contributed by atoms with Gasteiger partial charge in [0.25, 0.3) is 5.91 Å². The fourth-order valence-corrected chi connectivity index (χ4v) is 4.37. The van der Waals surface area contributed by atoms with Gasteiger partial charge in [0, 0.05) is 13.0 Å². The lowest BCUT2D eigenvalue weighted by Gasteiger charge is -2.32. The molecule has 3 aliphatic rings. The number of nitrogens with two attached hydrogens (primary N) is 1. The monoisotopic (exact) mass is 419 g/mol. The molecule has 3 fully saturated rings. The number of amides is 4. The molecule has 158 valence electrons. The second-order valence-corrected chi connectivity index (χ2v) is 8.57. The Morgan fingerprint density at radius 3 is 2.50 bits per heavy atom. The maximum atomic E-state index is 12.7. The average molecular weight is 419 g/mol. The van der Waals surface area contributed by atoms with Crippen molar-refractivity contribution in [2.75, 3.05) is 26.7 Å². The molecule has 4 amide bonds. The van der Waals surface area contributed by atoms with Gasteiger partial charge in [-0.1, -0.05) is 0 Å². The molecule has 3 N–H and O–H groups in total. The van der Waals surface area contributed by atoms with Crippen molar-refractivity contribution in [2.24, 2.45) is 11.8 Å². The first-order chi connectivity index (χ1) is 13.1. The third kappa shape index (κ3) is 4.43. The molecule has 3 saturated heterocycles. The lowest BCUT2D eigenvalue weighted by atomic mass is 9.93. The van der Waals surface area contributed by atoms with Gasteiger partial charge in [0.15, 0.2) is 0 Å². The zero-order valence-corrected chi connectivity index (χ0v) is 16.4. The molecule has 12 nitrogen and oxygen atoms in total. The van der Waals surface area contributed by atoms with E-state index in [1.54, 1.807) is 0 Å². The van der Waals surface area contributed by atoms with E-state index in [9.17, 15) is 22.8 Å². The van der Waals surface area contributed by atoms with Crippen molar-refractivity contribution in [2.45, 2.75) is 44.2 Å². The average Bonchev–Trinajstić information content (AvgIpc) is 2.86. The van der Waals surface area contributed by atoms with Crippen molar-refractivity contribution < 1.29 is 31.6 Å². The maximum absolute atomic E-state index is 12.7. The second-order valence-electron chi connectivity index (χ2n) is 7.56. The quantitative estimate of drug-likeness (QED) is 0.246. The maximum Gasteiger partial charge on any atom is 0.418 e. The molecule has 0 radical (unpaired) electrons. The summed E-state index contributed by atoms with van der Waals surface area (Å²) in [5.41, 5.74) is 0. The van der Waals surface area contributed by atoms with Crippen LogP contribution in [0.25, 0.3) is 0 Å². The Kier molecular flexibility index (Phi) is 5.91. The molecule has 3 heterocycles. The molecule has 0 spiro atoms. The lowest BCUT2D eigenvalue weighted by Crippen LogP contribution is -2.55. The van der Waals surface area contributed by atoms with Gasteiger partial charge in [0.2, 0.25) is 5.91 Å². The highest BCUT2D eigenvalue weighted by atomic mass is 32.3. The minimum absolute atomic E-state index is 0.0434. The summed E-state index contributed by atoms with van der Waals surface area (Å²) < 4.78 is 35.0. The predicted octanol–water partition coefficient (Wildman–Crippen LogP) is -1.05. The van der Waals surface area contributed by atoms with Crippen LogP contribution in [0.15, 0.2) is 0 Å². The van der Waals surface area contributed by atoms with Crippen LogP contribution in [0.1, 0.15) is 32.1 Å². The van der Waals surface area contributed by atoms with Crippen LogP contribution in [-0.2, 0) is 24.3 Å². The number of rotatable bonds is 5. The van der Waals surface area contributed by atoms with Gasteiger partial charge in [0.05, 0.1) is 6.04 Å². The number of piperidine rings is 2. The summed E-state index contributed by atoms with van der Waals surface area (Å²) in [6.45, 7) is 1.81. The van der Waals surface area contributed by atoms with Gasteiger partial charge in [-0.25, -0.2) is 15.6 Å². The fraction of sp³-hybridized carbons (Fsp3) is 0.800. The Bertz CT molecular complexity index is 752. The zero-order chi connectivity index (χ0) is 20.6. The van der Waals surface area contributed by atoms with Crippen LogP contribution < -0.4 is 5.84 Å². The van der Waals surface area contributed by atoms with E-state index in [-0.39, 0.29) is 31.7 Å². The Morgan fingerprint density at radius 1 is 1.25 bits per heavy atom. The van der Waals surface area contributed by atoms with E-state index in [2.05, 4.69) is 9.18 Å². The number of hydrogen-bond acceptors (Lipinski definition) is 8. The number of carbonyl (C=O) groups is 3. The molecule has 0 aromatic heterocycles. The Morgan fingerprint density at radius 2 is 1.89 bits per heavy atom. The zero-order valence-electron chi connectivity index (χ0n) is 15.6. The molecule has 2 atom stereocenters. The van der Waals surface area contributed by atoms with Crippen LogP contribution in [0.2, 0.25) is 0 Å². The summed E-state index contributed by atoms with van der Waals surface area (Å²) in [5.74, 6) is 4.70. The van der Waals surface area contributed by atoms with Crippen molar-refractivity contribution in [1.29, 1.82) is 0 Å². The molecule has 2 bridgehead atoms. The van der Waals surface area contributed by atoms with Crippen LogP contribution in [0, 0.1) is 5.92 Å². The number of hydrogen-bond donors (Lipinski definition) is 2. The summed E-state index contributed by atoms with van der Waals surface area (Å²) in [6.07, 6.45) is 2.34. The smallest absolute Gasteiger partial charge is 0.309 e. The highest BCUT2D eigenvalue weighted by molar-refractivity contribution is 7.80. The molecule has 3 aliphatic heterocycles. The van der Waals surface area contributed by atoms with E-state index in [1.165, 1.54) is 0 Å². The van der Waals surface area contributed by atoms with Crippen LogP contribution in [-0.4, -0.2) is 89.5 Å². The molecule has 3 rings (SSSR count). The van der Waals surface area contributed by atoms with E-state index in [4.69, 9.17) is 10.4 Å². The van der Waals surface area contributed by atoms with Gasteiger partial charge in [-0.15, -0.1) is 4.28 Å². The SMILES string of the molecule is CN1CCC(CC(=O)N(N)C(=O)[C@@H]2CC[C@@H]3CN2C(=O)N3OS(=O)(=O)O)CC1. The fourth-order valence-electron chi connectivity index (χ4n) is 3.98. The van der Waals surface area contributed by atoms with E-state index < -0.39 is 40.3 Å². The molecule has 0 aromatic carbocycles. The van der Waals surface area contributed by atoms with Gasteiger partial charge in [-0.2, -0.15) is 13.5 Å². The lowest BCUT2D eigenvalue weighted by molar-refractivity contribution is -0.149. The van der Waals surface area contributed by atoms with Crippen molar-refractivity contribution in [3.05, 3.63) is 0 Å². The summed E-state index contributed by atoms with van der Waals surface area (Å²) in [7, 11) is -2.86. The van der Waals surface area contributed by atoms with Crippen molar-refractivity contribution in [1.82, 2.24) is 19.9 Å². The van der Waals surface area contributed by atoms with Gasteiger partial charge in [-0.05, 0) is 51.7 Å². The van der Waals surface area contributed by atoms with E-state index in [0.717, 1.165) is 30.8 Å². The Labute approximate surface area is 163 Å². The highest BCUT2D eigenvalue weighted by Crippen LogP contribution is 2.31. The third-order valence-electron chi connectivity index (χ3n) is 5.59. The predicted molar refractivity (Wildman–Crippen MR) is 94.3 cm³/mol. The van der Waals surface area contributed by atoms with Crippen LogP contribution in [0.5, 0.6) is 0 Å². The molecular weight excluding hydrogens is 394 g/mol. The van der Waals surface area contributed by atoms with Crippen LogP contribution in [0.3, 0.4) is 0 Å². The van der Waals surface area contributed by atoms with Crippen molar-refractivity contribution in [3.63, 3.8) is 0 Å². The molecule has 13 heteroatoms.